The maximum Gasteiger partial charge on any atom is 0.255 e. The van der Waals surface area contributed by atoms with Crippen molar-refractivity contribution in [2.45, 2.75) is 12.5 Å². The molecule has 0 aliphatic heterocycles. The first-order chi connectivity index (χ1) is 10.2. The van der Waals surface area contributed by atoms with Crippen molar-refractivity contribution in [1.29, 1.82) is 0 Å². The Labute approximate surface area is 125 Å². The Bertz CT molecular complexity index is 557. The highest BCUT2D eigenvalue weighted by Crippen LogP contribution is 2.19. The van der Waals surface area contributed by atoms with Crippen molar-refractivity contribution in [3.63, 3.8) is 0 Å². The van der Waals surface area contributed by atoms with E-state index in [2.05, 4.69) is 17.6 Å². The molecule has 21 heavy (non-hydrogen) atoms. The molecule has 1 unspecified atom stereocenters. The number of nitrogens with zero attached hydrogens (tertiary/aromatic N) is 1. The lowest BCUT2D eigenvalue weighted by Gasteiger charge is -2.26. The van der Waals surface area contributed by atoms with E-state index in [-0.39, 0.29) is 11.9 Å². The highest BCUT2D eigenvalue weighted by atomic mass is 16.2. The lowest BCUT2D eigenvalue weighted by molar-refractivity contribution is -0.126. The molecule has 0 spiro atoms. The summed E-state index contributed by atoms with van der Waals surface area (Å²) in [4.78, 5) is 14.1. The Morgan fingerprint density at radius 2 is 1.67 bits per heavy atom. The van der Waals surface area contributed by atoms with Crippen LogP contribution < -0.4 is 11.3 Å². The number of benzene rings is 2. The van der Waals surface area contributed by atoms with Crippen molar-refractivity contribution in [1.82, 2.24) is 10.3 Å². The molecule has 110 valence electrons. The molecule has 2 rings (SSSR count). The first-order valence-electron chi connectivity index (χ1n) is 7.02. The summed E-state index contributed by atoms with van der Waals surface area (Å²) in [6.45, 7) is 0.775. The van der Waals surface area contributed by atoms with Crippen molar-refractivity contribution in [3.05, 3.63) is 71.8 Å². The molecule has 0 heterocycles. The van der Waals surface area contributed by atoms with Crippen LogP contribution in [0, 0.1) is 0 Å². The number of likely N-dealkylation sites (N-methyl/N-ethyl adjacent to an activating group) is 1. The Hall–Kier alpha value is -2.17. The van der Waals surface area contributed by atoms with Gasteiger partial charge in [0.1, 0.15) is 6.04 Å². The average molecular weight is 283 g/mol. The van der Waals surface area contributed by atoms with Crippen molar-refractivity contribution < 1.29 is 4.79 Å². The van der Waals surface area contributed by atoms with E-state index in [4.69, 9.17) is 5.84 Å². The number of nitrogens with one attached hydrogen (secondary N) is 1. The number of hydrogen-bond acceptors (Lipinski definition) is 3. The predicted molar refractivity (Wildman–Crippen MR) is 84.3 cm³/mol. The number of carbonyl (C=O) groups excluding carboxylic acids is 1. The van der Waals surface area contributed by atoms with Crippen LogP contribution in [0.3, 0.4) is 0 Å². The molecule has 0 bridgehead atoms. The standard InChI is InChI=1S/C17H21N3O/c1-20(13-12-14-8-4-2-5-9-14)16(17(21)19-18)15-10-6-3-7-11-15/h2-11,16H,12-13,18H2,1H3,(H,19,21). The van der Waals surface area contributed by atoms with E-state index in [1.54, 1.807) is 0 Å². The molecule has 2 aromatic rings. The zero-order valence-corrected chi connectivity index (χ0v) is 12.2. The van der Waals surface area contributed by atoms with Gasteiger partial charge in [-0.3, -0.25) is 15.1 Å². The van der Waals surface area contributed by atoms with E-state index >= 15 is 0 Å². The summed E-state index contributed by atoms with van der Waals surface area (Å²) in [5.74, 6) is 5.13. The second kappa shape index (κ2) is 7.57. The van der Waals surface area contributed by atoms with Gasteiger partial charge >= 0.3 is 0 Å². The third-order valence-corrected chi connectivity index (χ3v) is 3.54. The van der Waals surface area contributed by atoms with Gasteiger partial charge in [0, 0.05) is 6.54 Å². The fourth-order valence-electron chi connectivity index (χ4n) is 2.40. The van der Waals surface area contributed by atoms with Gasteiger partial charge in [0.05, 0.1) is 0 Å². The SMILES string of the molecule is CN(CCc1ccccc1)C(C(=O)NN)c1ccccc1. The molecule has 0 radical (unpaired) electrons. The zero-order valence-electron chi connectivity index (χ0n) is 12.2. The molecular weight excluding hydrogens is 262 g/mol. The second-order valence-electron chi connectivity index (χ2n) is 5.04. The highest BCUT2D eigenvalue weighted by molar-refractivity contribution is 5.82. The molecule has 0 saturated carbocycles. The molecule has 0 aliphatic rings. The van der Waals surface area contributed by atoms with Crippen molar-refractivity contribution in [3.8, 4) is 0 Å². The Kier molecular flexibility index (Phi) is 5.49. The van der Waals surface area contributed by atoms with Gasteiger partial charge in [-0.05, 0) is 24.6 Å². The minimum Gasteiger partial charge on any atom is -0.293 e. The molecule has 1 amide bonds. The van der Waals surface area contributed by atoms with Gasteiger partial charge in [0.25, 0.3) is 5.91 Å². The maximum atomic E-state index is 12.1. The fourth-order valence-corrected chi connectivity index (χ4v) is 2.40. The van der Waals surface area contributed by atoms with Gasteiger partial charge < -0.3 is 0 Å². The van der Waals surface area contributed by atoms with Crippen LogP contribution in [0.5, 0.6) is 0 Å². The summed E-state index contributed by atoms with van der Waals surface area (Å²) >= 11 is 0. The molecule has 0 aromatic heterocycles. The number of rotatable bonds is 6. The monoisotopic (exact) mass is 283 g/mol. The van der Waals surface area contributed by atoms with Crippen LogP contribution >= 0.6 is 0 Å². The fraction of sp³-hybridized carbons (Fsp3) is 0.235. The summed E-state index contributed by atoms with van der Waals surface area (Å²) in [6.07, 6.45) is 0.887. The van der Waals surface area contributed by atoms with Crippen LogP contribution in [0.4, 0.5) is 0 Å². The summed E-state index contributed by atoms with van der Waals surface area (Å²) < 4.78 is 0. The Morgan fingerprint density at radius 3 is 2.24 bits per heavy atom. The first kappa shape index (κ1) is 15.2. The van der Waals surface area contributed by atoms with E-state index in [9.17, 15) is 4.79 Å². The van der Waals surface area contributed by atoms with Gasteiger partial charge in [-0.1, -0.05) is 60.7 Å². The van der Waals surface area contributed by atoms with Gasteiger partial charge in [0.2, 0.25) is 0 Å². The molecule has 4 nitrogen and oxygen atoms in total. The molecule has 0 aliphatic carbocycles. The smallest absolute Gasteiger partial charge is 0.255 e. The molecule has 1 atom stereocenters. The molecule has 4 heteroatoms. The van der Waals surface area contributed by atoms with Crippen molar-refractivity contribution >= 4 is 5.91 Å². The van der Waals surface area contributed by atoms with Crippen LogP contribution in [0.25, 0.3) is 0 Å². The van der Waals surface area contributed by atoms with E-state index in [0.29, 0.717) is 0 Å². The number of hydrogen-bond donors (Lipinski definition) is 2. The molecule has 0 saturated heterocycles. The Morgan fingerprint density at radius 1 is 1.10 bits per heavy atom. The number of carbonyl (C=O) groups is 1. The number of hydrazine groups is 1. The summed E-state index contributed by atoms with van der Waals surface area (Å²) in [6, 6.07) is 19.5. The predicted octanol–water partition coefficient (Wildman–Crippen LogP) is 1.89. The largest absolute Gasteiger partial charge is 0.293 e. The molecular formula is C17H21N3O. The van der Waals surface area contributed by atoms with Crippen LogP contribution in [-0.2, 0) is 11.2 Å². The normalized spacial score (nSPS) is 12.1. The third kappa shape index (κ3) is 4.15. The van der Waals surface area contributed by atoms with Crippen molar-refractivity contribution in [2.24, 2.45) is 5.84 Å². The maximum absolute atomic E-state index is 12.1. The van der Waals surface area contributed by atoms with Gasteiger partial charge in [0.15, 0.2) is 0 Å². The van der Waals surface area contributed by atoms with E-state index in [0.717, 1.165) is 18.5 Å². The van der Waals surface area contributed by atoms with Gasteiger partial charge in [-0.25, -0.2) is 5.84 Å². The zero-order chi connectivity index (χ0) is 15.1. The van der Waals surface area contributed by atoms with Crippen LogP contribution in [0.15, 0.2) is 60.7 Å². The highest BCUT2D eigenvalue weighted by Gasteiger charge is 2.23. The molecule has 2 aromatic carbocycles. The lowest BCUT2D eigenvalue weighted by atomic mass is 10.0. The summed E-state index contributed by atoms with van der Waals surface area (Å²) in [5.41, 5.74) is 4.46. The van der Waals surface area contributed by atoms with Gasteiger partial charge in [-0.15, -0.1) is 0 Å². The second-order valence-corrected chi connectivity index (χ2v) is 5.04. The Balaban J connectivity index is 2.08. The molecule has 3 N–H and O–H groups in total. The van der Waals surface area contributed by atoms with Gasteiger partial charge in [-0.2, -0.15) is 0 Å². The van der Waals surface area contributed by atoms with E-state index in [1.807, 2.05) is 60.5 Å². The average Bonchev–Trinajstić information content (AvgIpc) is 2.55. The third-order valence-electron chi connectivity index (χ3n) is 3.54. The minimum atomic E-state index is -0.375. The number of amides is 1. The quantitative estimate of drug-likeness (QED) is 0.483. The minimum absolute atomic E-state index is 0.197. The van der Waals surface area contributed by atoms with Crippen LogP contribution in [-0.4, -0.2) is 24.4 Å². The summed E-state index contributed by atoms with van der Waals surface area (Å²) in [7, 11) is 1.94. The van der Waals surface area contributed by atoms with Crippen molar-refractivity contribution in [2.75, 3.05) is 13.6 Å². The number of nitrogens with two attached hydrogens (primary N) is 1. The van der Waals surface area contributed by atoms with E-state index in [1.165, 1.54) is 5.56 Å². The molecule has 0 fully saturated rings. The van der Waals surface area contributed by atoms with Crippen LogP contribution in [0.1, 0.15) is 17.2 Å². The van der Waals surface area contributed by atoms with E-state index < -0.39 is 0 Å². The first-order valence-corrected chi connectivity index (χ1v) is 7.02. The summed E-state index contributed by atoms with van der Waals surface area (Å²) in [5, 5.41) is 0. The van der Waals surface area contributed by atoms with Crippen LogP contribution in [0.2, 0.25) is 0 Å². The lowest BCUT2D eigenvalue weighted by Crippen LogP contribution is -2.42. The topological polar surface area (TPSA) is 58.4 Å².